The first kappa shape index (κ1) is 5.10. The molecule has 1 aliphatic rings. The second-order valence-corrected chi connectivity index (χ2v) is 2.76. The van der Waals surface area contributed by atoms with Crippen LogP contribution in [0.4, 0.5) is 0 Å². The second-order valence-electron chi connectivity index (χ2n) is 2.01. The zero-order valence-corrected chi connectivity index (χ0v) is 4.74. The molecule has 0 spiro atoms. The molecular weight excluding hydrogens is 112 g/mol. The maximum Gasteiger partial charge on any atom is 0.140 e. The van der Waals surface area contributed by atoms with Gasteiger partial charge >= 0.3 is 0 Å². The highest BCUT2D eigenvalue weighted by Crippen LogP contribution is 2.35. The first-order valence-corrected chi connectivity index (χ1v) is 2.80. The van der Waals surface area contributed by atoms with Crippen LogP contribution in [0.2, 0.25) is 0 Å². The molecule has 0 N–H and O–H groups in total. The SMILES string of the molecule is O=CC1(Cl)CCC1. The lowest BCUT2D eigenvalue weighted by atomic mass is 9.86. The van der Waals surface area contributed by atoms with Crippen molar-refractivity contribution in [3.8, 4) is 0 Å². The number of halogens is 1. The molecule has 0 bridgehead atoms. The Kier molecular flexibility index (Phi) is 1.08. The van der Waals surface area contributed by atoms with Gasteiger partial charge in [0, 0.05) is 0 Å². The quantitative estimate of drug-likeness (QED) is 0.375. The highest BCUT2D eigenvalue weighted by Gasteiger charge is 2.33. The van der Waals surface area contributed by atoms with Crippen molar-refractivity contribution in [3.05, 3.63) is 0 Å². The summed E-state index contributed by atoms with van der Waals surface area (Å²) in [5.74, 6) is 0. The molecule has 0 aromatic carbocycles. The van der Waals surface area contributed by atoms with E-state index in [1.807, 2.05) is 0 Å². The van der Waals surface area contributed by atoms with Crippen molar-refractivity contribution in [2.45, 2.75) is 24.1 Å². The van der Waals surface area contributed by atoms with Crippen molar-refractivity contribution in [1.29, 1.82) is 0 Å². The summed E-state index contributed by atoms with van der Waals surface area (Å²) in [6.07, 6.45) is 3.70. The maximum absolute atomic E-state index is 9.98. The molecule has 0 heterocycles. The van der Waals surface area contributed by atoms with Crippen LogP contribution >= 0.6 is 11.6 Å². The largest absolute Gasteiger partial charge is 0.301 e. The number of hydrogen-bond donors (Lipinski definition) is 0. The van der Waals surface area contributed by atoms with Gasteiger partial charge in [0.15, 0.2) is 0 Å². The van der Waals surface area contributed by atoms with Crippen LogP contribution in [0.25, 0.3) is 0 Å². The van der Waals surface area contributed by atoms with Gasteiger partial charge in [-0.1, -0.05) is 0 Å². The predicted octanol–water partition coefficient (Wildman–Crippen LogP) is 1.35. The summed E-state index contributed by atoms with van der Waals surface area (Å²) in [4.78, 5) is 9.53. The topological polar surface area (TPSA) is 17.1 Å². The molecule has 0 aliphatic heterocycles. The van der Waals surface area contributed by atoms with Gasteiger partial charge in [-0.15, -0.1) is 11.6 Å². The molecule has 1 nitrogen and oxygen atoms in total. The molecule has 40 valence electrons. The fourth-order valence-corrected chi connectivity index (χ4v) is 0.900. The number of rotatable bonds is 1. The molecule has 7 heavy (non-hydrogen) atoms. The van der Waals surface area contributed by atoms with Crippen LogP contribution in [0, 0.1) is 0 Å². The monoisotopic (exact) mass is 118 g/mol. The molecule has 0 aromatic heterocycles. The predicted molar refractivity (Wildman–Crippen MR) is 28.5 cm³/mol. The van der Waals surface area contributed by atoms with E-state index in [0.29, 0.717) is 0 Å². The van der Waals surface area contributed by atoms with Gasteiger partial charge in [0.1, 0.15) is 6.29 Å². The van der Waals surface area contributed by atoms with E-state index in [0.717, 1.165) is 25.5 Å². The van der Waals surface area contributed by atoms with Crippen molar-refractivity contribution >= 4 is 17.9 Å². The molecule has 0 unspecified atom stereocenters. The van der Waals surface area contributed by atoms with Crippen LogP contribution in [0.1, 0.15) is 19.3 Å². The molecule has 0 radical (unpaired) electrons. The molecule has 0 amide bonds. The van der Waals surface area contributed by atoms with Crippen LogP contribution in [0.5, 0.6) is 0 Å². The van der Waals surface area contributed by atoms with Gasteiger partial charge in [-0.3, -0.25) is 0 Å². The smallest absolute Gasteiger partial charge is 0.140 e. The molecule has 1 aliphatic carbocycles. The van der Waals surface area contributed by atoms with E-state index in [-0.39, 0.29) is 0 Å². The average Bonchev–Trinajstić information content (AvgIpc) is 1.61. The molecule has 1 saturated carbocycles. The minimum absolute atomic E-state index is 0.444. The van der Waals surface area contributed by atoms with Crippen LogP contribution in [-0.4, -0.2) is 11.2 Å². The van der Waals surface area contributed by atoms with Crippen molar-refractivity contribution < 1.29 is 4.79 Å². The molecule has 0 atom stereocenters. The van der Waals surface area contributed by atoms with E-state index >= 15 is 0 Å². The fraction of sp³-hybridized carbons (Fsp3) is 0.800. The summed E-state index contributed by atoms with van der Waals surface area (Å²) in [6.45, 7) is 0. The van der Waals surface area contributed by atoms with Gasteiger partial charge in [-0.25, -0.2) is 0 Å². The highest BCUT2D eigenvalue weighted by atomic mass is 35.5. The zero-order chi connectivity index (χ0) is 5.33. The third-order valence-electron chi connectivity index (χ3n) is 1.40. The Labute approximate surface area is 47.7 Å². The van der Waals surface area contributed by atoms with Gasteiger partial charge in [0.05, 0.1) is 4.87 Å². The lowest BCUT2D eigenvalue weighted by Crippen LogP contribution is -2.31. The Morgan fingerprint density at radius 1 is 1.57 bits per heavy atom. The summed E-state index contributed by atoms with van der Waals surface area (Å²) in [5.41, 5.74) is 0. The van der Waals surface area contributed by atoms with Crippen LogP contribution in [0.15, 0.2) is 0 Å². The molecule has 1 fully saturated rings. The van der Waals surface area contributed by atoms with Gasteiger partial charge in [-0.2, -0.15) is 0 Å². The van der Waals surface area contributed by atoms with E-state index in [2.05, 4.69) is 0 Å². The fourth-order valence-electron chi connectivity index (χ4n) is 0.632. The lowest BCUT2D eigenvalue weighted by molar-refractivity contribution is -0.111. The Balaban J connectivity index is 2.43. The first-order valence-electron chi connectivity index (χ1n) is 2.42. The maximum atomic E-state index is 9.98. The number of hydrogen-bond acceptors (Lipinski definition) is 1. The summed E-state index contributed by atoms with van der Waals surface area (Å²) >= 11 is 5.62. The number of carbonyl (C=O) groups is 1. The van der Waals surface area contributed by atoms with E-state index < -0.39 is 4.87 Å². The third-order valence-corrected chi connectivity index (χ3v) is 1.86. The summed E-state index contributed by atoms with van der Waals surface area (Å²) in [7, 11) is 0. The lowest BCUT2D eigenvalue weighted by Gasteiger charge is -2.28. The molecular formula is C5H7ClO. The van der Waals surface area contributed by atoms with Crippen molar-refractivity contribution in [2.75, 3.05) is 0 Å². The van der Waals surface area contributed by atoms with Gasteiger partial charge in [-0.05, 0) is 19.3 Å². The van der Waals surface area contributed by atoms with Gasteiger partial charge in [0.2, 0.25) is 0 Å². The van der Waals surface area contributed by atoms with Gasteiger partial charge in [0.25, 0.3) is 0 Å². The van der Waals surface area contributed by atoms with Crippen LogP contribution in [0.3, 0.4) is 0 Å². The van der Waals surface area contributed by atoms with Crippen LogP contribution in [-0.2, 0) is 4.79 Å². The van der Waals surface area contributed by atoms with Crippen LogP contribution < -0.4 is 0 Å². The molecule has 1 rings (SSSR count). The van der Waals surface area contributed by atoms with Crippen molar-refractivity contribution in [1.82, 2.24) is 0 Å². The van der Waals surface area contributed by atoms with E-state index in [4.69, 9.17) is 11.6 Å². The number of aldehydes is 1. The Bertz CT molecular complexity index is 86.1. The normalized spacial score (nSPS) is 25.9. The first-order chi connectivity index (χ1) is 3.27. The standard InChI is InChI=1S/C5H7ClO/c6-5(4-7)2-1-3-5/h4H,1-3H2. The highest BCUT2D eigenvalue weighted by molar-refractivity contribution is 6.32. The minimum atomic E-state index is -0.444. The number of alkyl halides is 1. The summed E-state index contributed by atoms with van der Waals surface area (Å²) < 4.78 is 0. The second kappa shape index (κ2) is 1.48. The minimum Gasteiger partial charge on any atom is -0.301 e. The van der Waals surface area contributed by atoms with Crippen molar-refractivity contribution in [3.63, 3.8) is 0 Å². The molecule has 0 aromatic rings. The Hall–Kier alpha value is -0.0400. The Morgan fingerprint density at radius 2 is 2.14 bits per heavy atom. The van der Waals surface area contributed by atoms with E-state index in [1.165, 1.54) is 0 Å². The average molecular weight is 119 g/mol. The van der Waals surface area contributed by atoms with Crippen molar-refractivity contribution in [2.24, 2.45) is 0 Å². The number of carbonyl (C=O) groups excluding carboxylic acids is 1. The third kappa shape index (κ3) is 0.778. The van der Waals surface area contributed by atoms with E-state index in [1.54, 1.807) is 0 Å². The summed E-state index contributed by atoms with van der Waals surface area (Å²) in [6, 6.07) is 0. The van der Waals surface area contributed by atoms with E-state index in [9.17, 15) is 4.79 Å². The molecule has 0 saturated heterocycles. The Morgan fingerprint density at radius 3 is 2.14 bits per heavy atom. The molecule has 2 heteroatoms. The van der Waals surface area contributed by atoms with Gasteiger partial charge < -0.3 is 4.79 Å². The zero-order valence-electron chi connectivity index (χ0n) is 3.98. The summed E-state index contributed by atoms with van der Waals surface area (Å²) in [5, 5.41) is 0.